The van der Waals surface area contributed by atoms with Gasteiger partial charge >= 0.3 is 0 Å². The Morgan fingerprint density at radius 1 is 0.857 bits per heavy atom. The smallest absolute Gasteiger partial charge is 0.162 e. The molecule has 0 unspecified atom stereocenters. The first-order valence-corrected chi connectivity index (χ1v) is 15.7. The summed E-state index contributed by atoms with van der Waals surface area (Å²) in [4.78, 5) is 0. The summed E-state index contributed by atoms with van der Waals surface area (Å²) in [7, 11) is 3.43. The lowest BCUT2D eigenvalue weighted by atomic mass is 9.89. The van der Waals surface area contributed by atoms with Gasteiger partial charge in [0.15, 0.2) is 23.0 Å². The van der Waals surface area contributed by atoms with Crippen LogP contribution in [0.3, 0.4) is 0 Å². The summed E-state index contributed by atoms with van der Waals surface area (Å²) in [6.45, 7) is 8.51. The van der Waals surface area contributed by atoms with Crippen molar-refractivity contribution >= 4 is 13.3 Å². The zero-order chi connectivity index (χ0) is 25.0. The second-order valence-corrected chi connectivity index (χ2v) is 15.0. The van der Waals surface area contributed by atoms with Gasteiger partial charge in [-0.2, -0.15) is 0 Å². The van der Waals surface area contributed by atoms with E-state index in [1.54, 1.807) is 21.3 Å². The third-order valence-electron chi connectivity index (χ3n) is 6.63. The van der Waals surface area contributed by atoms with Gasteiger partial charge in [-0.1, -0.05) is 56.0 Å². The molecule has 1 atom stereocenters. The SMILES string of the molecule is COc1cc2c(cc1OCc1ccccc1)[C@H](Cc1ccc(OC)c(OC)c1[Si](C)(C)C)NCC2. The highest BCUT2D eigenvalue weighted by atomic mass is 28.3. The minimum atomic E-state index is -1.72. The molecule has 0 bridgehead atoms. The van der Waals surface area contributed by atoms with E-state index in [-0.39, 0.29) is 6.04 Å². The van der Waals surface area contributed by atoms with Crippen LogP contribution in [0.4, 0.5) is 0 Å². The zero-order valence-corrected chi connectivity index (χ0v) is 22.7. The number of ether oxygens (including phenoxy) is 4. The molecule has 0 spiro atoms. The van der Waals surface area contributed by atoms with Crippen LogP contribution >= 0.6 is 0 Å². The van der Waals surface area contributed by atoms with Crippen molar-refractivity contribution in [1.82, 2.24) is 5.32 Å². The van der Waals surface area contributed by atoms with Crippen LogP contribution in [0.5, 0.6) is 23.0 Å². The molecule has 3 aromatic carbocycles. The Bertz CT molecular complexity index is 1160. The molecule has 4 rings (SSSR count). The highest BCUT2D eigenvalue weighted by Gasteiger charge is 2.30. The minimum Gasteiger partial charge on any atom is -0.493 e. The highest BCUT2D eigenvalue weighted by Crippen LogP contribution is 2.38. The van der Waals surface area contributed by atoms with Gasteiger partial charge in [0.25, 0.3) is 0 Å². The number of nitrogens with one attached hydrogen (secondary N) is 1. The molecule has 0 fully saturated rings. The maximum Gasteiger partial charge on any atom is 0.162 e. The molecule has 0 saturated heterocycles. The van der Waals surface area contributed by atoms with E-state index < -0.39 is 8.07 Å². The minimum absolute atomic E-state index is 0.178. The van der Waals surface area contributed by atoms with Crippen LogP contribution in [0.2, 0.25) is 19.6 Å². The Morgan fingerprint density at radius 3 is 2.26 bits per heavy atom. The predicted molar refractivity (Wildman–Crippen MR) is 144 cm³/mol. The van der Waals surface area contributed by atoms with Gasteiger partial charge in [0.1, 0.15) is 6.61 Å². The molecule has 0 aromatic heterocycles. The standard InChI is InChI=1S/C29H37NO4Si/c1-31-25-13-12-22(29(28(25)33-3)35(4,5)6)16-24-23-18-27(34-19-20-10-8-7-9-11-20)26(32-2)17-21(23)14-15-30-24/h7-13,17-18,24,30H,14-16,19H2,1-6H3/t24-/m0/s1. The molecular weight excluding hydrogens is 454 g/mol. The molecule has 5 nitrogen and oxygen atoms in total. The van der Waals surface area contributed by atoms with Crippen LogP contribution in [-0.4, -0.2) is 35.9 Å². The number of rotatable bonds is 9. The van der Waals surface area contributed by atoms with E-state index in [1.165, 1.54) is 21.9 Å². The van der Waals surface area contributed by atoms with Gasteiger partial charge in [-0.05, 0) is 65.0 Å². The summed E-state index contributed by atoms with van der Waals surface area (Å²) in [5.41, 5.74) is 5.03. The normalized spacial score (nSPS) is 15.3. The fourth-order valence-corrected chi connectivity index (χ4v) is 7.07. The van der Waals surface area contributed by atoms with Crippen molar-refractivity contribution < 1.29 is 18.9 Å². The van der Waals surface area contributed by atoms with E-state index in [4.69, 9.17) is 18.9 Å². The van der Waals surface area contributed by atoms with Crippen LogP contribution in [0.1, 0.15) is 28.3 Å². The van der Waals surface area contributed by atoms with Gasteiger partial charge < -0.3 is 24.3 Å². The first-order chi connectivity index (χ1) is 16.9. The van der Waals surface area contributed by atoms with Crippen LogP contribution in [0.15, 0.2) is 54.6 Å². The summed E-state index contributed by atoms with van der Waals surface area (Å²) >= 11 is 0. The van der Waals surface area contributed by atoms with Crippen LogP contribution < -0.4 is 29.5 Å². The van der Waals surface area contributed by atoms with E-state index in [0.717, 1.165) is 47.9 Å². The van der Waals surface area contributed by atoms with Gasteiger partial charge in [0.05, 0.1) is 29.4 Å². The van der Waals surface area contributed by atoms with Crippen LogP contribution in [-0.2, 0) is 19.4 Å². The fraction of sp³-hybridized carbons (Fsp3) is 0.379. The summed E-state index contributed by atoms with van der Waals surface area (Å²) in [6, 6.07) is 19.0. The van der Waals surface area contributed by atoms with Crippen LogP contribution in [0.25, 0.3) is 0 Å². The largest absolute Gasteiger partial charge is 0.493 e. The lowest BCUT2D eigenvalue weighted by Crippen LogP contribution is -2.42. The van der Waals surface area contributed by atoms with Crippen molar-refractivity contribution in [2.24, 2.45) is 0 Å². The maximum absolute atomic E-state index is 6.24. The molecule has 1 aliphatic rings. The summed E-state index contributed by atoms with van der Waals surface area (Å²) < 4.78 is 23.4. The number of hydrogen-bond donors (Lipinski definition) is 1. The van der Waals surface area contributed by atoms with Crippen molar-refractivity contribution in [3.63, 3.8) is 0 Å². The van der Waals surface area contributed by atoms with Gasteiger partial charge in [0.2, 0.25) is 0 Å². The van der Waals surface area contributed by atoms with E-state index in [9.17, 15) is 0 Å². The number of fused-ring (bicyclic) bond motifs is 1. The van der Waals surface area contributed by atoms with E-state index in [2.05, 4.69) is 55.3 Å². The molecular formula is C29H37NO4Si. The van der Waals surface area contributed by atoms with Gasteiger partial charge in [0, 0.05) is 6.04 Å². The molecule has 35 heavy (non-hydrogen) atoms. The topological polar surface area (TPSA) is 49.0 Å². The molecule has 0 saturated carbocycles. The first-order valence-electron chi connectivity index (χ1n) is 12.2. The van der Waals surface area contributed by atoms with Crippen molar-refractivity contribution in [3.05, 3.63) is 76.9 Å². The van der Waals surface area contributed by atoms with E-state index >= 15 is 0 Å². The second kappa shape index (κ2) is 10.8. The quantitative estimate of drug-likeness (QED) is 0.414. The Labute approximate surface area is 210 Å². The maximum atomic E-state index is 6.24. The Kier molecular flexibility index (Phi) is 7.72. The lowest BCUT2D eigenvalue weighted by molar-refractivity contribution is 0.283. The number of methoxy groups -OCH3 is 3. The van der Waals surface area contributed by atoms with Gasteiger partial charge in [-0.15, -0.1) is 0 Å². The Balaban J connectivity index is 1.69. The zero-order valence-electron chi connectivity index (χ0n) is 21.7. The molecule has 0 radical (unpaired) electrons. The second-order valence-electron chi connectivity index (χ2n) is 10.0. The van der Waals surface area contributed by atoms with Gasteiger partial charge in [-0.3, -0.25) is 0 Å². The summed E-state index contributed by atoms with van der Waals surface area (Å²) in [5, 5.41) is 5.08. The number of hydrogen-bond acceptors (Lipinski definition) is 5. The Hall–Kier alpha value is -2.96. The predicted octanol–water partition coefficient (Wildman–Crippen LogP) is 5.27. The highest BCUT2D eigenvalue weighted by molar-refractivity contribution is 6.89. The molecule has 1 aliphatic heterocycles. The fourth-order valence-electron chi connectivity index (χ4n) is 5.02. The van der Waals surface area contributed by atoms with Gasteiger partial charge in [-0.25, -0.2) is 0 Å². The van der Waals surface area contributed by atoms with E-state index in [0.29, 0.717) is 6.61 Å². The molecule has 0 amide bonds. The summed E-state index contributed by atoms with van der Waals surface area (Å²) in [6.07, 6.45) is 1.84. The first kappa shape index (κ1) is 25.1. The molecule has 0 aliphatic carbocycles. The molecule has 1 N–H and O–H groups in total. The van der Waals surface area contributed by atoms with Crippen molar-refractivity contribution in [3.8, 4) is 23.0 Å². The van der Waals surface area contributed by atoms with Crippen molar-refractivity contribution in [2.45, 2.75) is 45.1 Å². The average Bonchev–Trinajstić information content (AvgIpc) is 2.86. The monoisotopic (exact) mass is 491 g/mol. The molecule has 3 aromatic rings. The average molecular weight is 492 g/mol. The third kappa shape index (κ3) is 5.49. The summed E-state index contributed by atoms with van der Waals surface area (Å²) in [5.74, 6) is 3.24. The lowest BCUT2D eigenvalue weighted by Gasteiger charge is -2.31. The third-order valence-corrected chi connectivity index (χ3v) is 8.68. The van der Waals surface area contributed by atoms with Crippen molar-refractivity contribution in [2.75, 3.05) is 27.9 Å². The van der Waals surface area contributed by atoms with Crippen LogP contribution in [0, 0.1) is 0 Å². The molecule has 186 valence electrons. The Morgan fingerprint density at radius 2 is 1.60 bits per heavy atom. The molecule has 1 heterocycles. The van der Waals surface area contributed by atoms with E-state index in [1.807, 2.05) is 24.3 Å². The van der Waals surface area contributed by atoms with Crippen molar-refractivity contribution in [1.29, 1.82) is 0 Å². The number of benzene rings is 3. The molecule has 6 heteroatoms.